The molecule has 1 aliphatic carbocycles. The lowest BCUT2D eigenvalue weighted by molar-refractivity contribution is -0.119. The highest BCUT2D eigenvalue weighted by atomic mass is 32.1. The molecule has 0 aliphatic heterocycles. The number of rotatable bonds is 4. The van der Waals surface area contributed by atoms with Crippen LogP contribution in [0.15, 0.2) is 24.4 Å². The fourth-order valence-electron chi connectivity index (χ4n) is 2.58. The number of hydrogen-bond donors (Lipinski definition) is 1. The number of anilines is 1. The van der Waals surface area contributed by atoms with Crippen molar-refractivity contribution < 1.29 is 14.3 Å². The molecule has 5 nitrogen and oxygen atoms in total. The quantitative estimate of drug-likeness (QED) is 0.875. The number of hydrogen-bond acceptors (Lipinski definition) is 5. The van der Waals surface area contributed by atoms with Gasteiger partial charge in [-0.05, 0) is 55.9 Å². The zero-order valence-corrected chi connectivity index (χ0v) is 13.7. The highest BCUT2D eigenvalue weighted by Gasteiger charge is 2.19. The zero-order valence-electron chi connectivity index (χ0n) is 12.9. The molecule has 0 spiro atoms. The number of ether oxygens (including phenoxy) is 1. The van der Waals surface area contributed by atoms with Crippen LogP contribution in [0.4, 0.5) is 5.82 Å². The fourth-order valence-corrected chi connectivity index (χ4v) is 3.73. The Bertz CT molecular complexity index is 716. The van der Waals surface area contributed by atoms with Crippen molar-refractivity contribution in [2.45, 2.75) is 32.6 Å². The lowest BCUT2D eigenvalue weighted by Crippen LogP contribution is -2.21. The van der Waals surface area contributed by atoms with Gasteiger partial charge in [-0.25, -0.2) is 9.78 Å². The van der Waals surface area contributed by atoms with Gasteiger partial charge in [0.25, 0.3) is 5.91 Å². The van der Waals surface area contributed by atoms with Crippen molar-refractivity contribution in [1.82, 2.24) is 4.98 Å². The third-order valence-corrected chi connectivity index (χ3v) is 5.02. The first-order valence-corrected chi connectivity index (χ1v) is 8.45. The molecule has 0 saturated heterocycles. The Morgan fingerprint density at radius 2 is 2.17 bits per heavy atom. The van der Waals surface area contributed by atoms with Crippen molar-refractivity contribution in [3.05, 3.63) is 45.3 Å². The second kappa shape index (κ2) is 6.91. The molecule has 0 aromatic carbocycles. The average molecular weight is 330 g/mol. The Balaban J connectivity index is 1.55. The van der Waals surface area contributed by atoms with Crippen molar-refractivity contribution in [3.8, 4) is 0 Å². The van der Waals surface area contributed by atoms with E-state index in [1.54, 1.807) is 12.3 Å². The molecule has 1 N–H and O–H groups in total. The first kappa shape index (κ1) is 15.7. The zero-order chi connectivity index (χ0) is 16.2. The van der Waals surface area contributed by atoms with Gasteiger partial charge in [-0.15, -0.1) is 11.3 Å². The summed E-state index contributed by atoms with van der Waals surface area (Å²) in [6, 6.07) is 5.55. The molecule has 23 heavy (non-hydrogen) atoms. The van der Waals surface area contributed by atoms with E-state index in [1.165, 1.54) is 34.6 Å². The average Bonchev–Trinajstić information content (AvgIpc) is 2.99. The largest absolute Gasteiger partial charge is 0.451 e. The van der Waals surface area contributed by atoms with Gasteiger partial charge in [0.2, 0.25) is 0 Å². The van der Waals surface area contributed by atoms with Gasteiger partial charge in [0.05, 0.1) is 0 Å². The number of carbonyl (C=O) groups is 2. The van der Waals surface area contributed by atoms with E-state index in [0.29, 0.717) is 10.7 Å². The SMILES string of the molecule is Cc1cccnc1NC(=O)COC(=O)c1cc2c(s1)CCCC2. The number of aromatic nitrogens is 1. The van der Waals surface area contributed by atoms with Crippen molar-refractivity contribution in [2.75, 3.05) is 11.9 Å². The normalized spacial score (nSPS) is 13.3. The summed E-state index contributed by atoms with van der Waals surface area (Å²) in [5.74, 6) is -0.334. The lowest BCUT2D eigenvalue weighted by atomic mass is 9.99. The summed E-state index contributed by atoms with van der Waals surface area (Å²) in [6.07, 6.45) is 6.01. The second-order valence-corrected chi connectivity index (χ2v) is 6.70. The number of carbonyl (C=O) groups excluding carboxylic acids is 2. The predicted octanol–water partition coefficient (Wildman–Crippen LogP) is 3.13. The van der Waals surface area contributed by atoms with E-state index in [2.05, 4.69) is 10.3 Å². The van der Waals surface area contributed by atoms with E-state index in [-0.39, 0.29) is 12.5 Å². The van der Waals surface area contributed by atoms with Crippen LogP contribution in [0.1, 0.15) is 38.5 Å². The number of amides is 1. The van der Waals surface area contributed by atoms with Gasteiger partial charge in [0.1, 0.15) is 10.7 Å². The number of esters is 1. The van der Waals surface area contributed by atoms with Crippen molar-refractivity contribution in [3.63, 3.8) is 0 Å². The third-order valence-electron chi connectivity index (χ3n) is 3.80. The minimum Gasteiger partial charge on any atom is -0.451 e. The number of pyridine rings is 1. The molecule has 2 aromatic rings. The minimum absolute atomic E-state index is 0.308. The second-order valence-electron chi connectivity index (χ2n) is 5.56. The molecule has 3 rings (SSSR count). The molecule has 1 amide bonds. The maximum absolute atomic E-state index is 12.1. The molecule has 2 heterocycles. The molecule has 1 aliphatic rings. The van der Waals surface area contributed by atoms with Gasteiger partial charge in [-0.3, -0.25) is 4.79 Å². The number of thiophene rings is 1. The van der Waals surface area contributed by atoms with Gasteiger partial charge in [0, 0.05) is 11.1 Å². The molecule has 0 saturated carbocycles. The van der Waals surface area contributed by atoms with Gasteiger partial charge < -0.3 is 10.1 Å². The lowest BCUT2D eigenvalue weighted by Gasteiger charge is -2.08. The predicted molar refractivity (Wildman–Crippen MR) is 88.8 cm³/mol. The van der Waals surface area contributed by atoms with E-state index >= 15 is 0 Å². The molecule has 0 unspecified atom stereocenters. The monoisotopic (exact) mass is 330 g/mol. The number of nitrogens with one attached hydrogen (secondary N) is 1. The number of aryl methyl sites for hydroxylation is 3. The fraction of sp³-hybridized carbons (Fsp3) is 0.353. The van der Waals surface area contributed by atoms with E-state index in [9.17, 15) is 9.59 Å². The molecular weight excluding hydrogens is 312 g/mol. The van der Waals surface area contributed by atoms with Crippen molar-refractivity contribution in [2.24, 2.45) is 0 Å². The Hall–Kier alpha value is -2.21. The van der Waals surface area contributed by atoms with Crippen LogP contribution in [0, 0.1) is 6.92 Å². The van der Waals surface area contributed by atoms with Crippen LogP contribution >= 0.6 is 11.3 Å². The standard InChI is InChI=1S/C17H18N2O3S/c1-11-5-4-8-18-16(11)19-15(20)10-22-17(21)14-9-12-6-2-3-7-13(12)23-14/h4-5,8-9H,2-3,6-7,10H2,1H3,(H,18,19,20). The van der Waals surface area contributed by atoms with Crippen LogP contribution in [0.5, 0.6) is 0 Å². The van der Waals surface area contributed by atoms with Crippen LogP contribution in [-0.2, 0) is 22.4 Å². The summed E-state index contributed by atoms with van der Waals surface area (Å²) in [7, 11) is 0. The van der Waals surface area contributed by atoms with Crippen molar-refractivity contribution in [1.29, 1.82) is 0 Å². The molecule has 0 atom stereocenters. The van der Waals surface area contributed by atoms with Gasteiger partial charge in [0.15, 0.2) is 6.61 Å². The van der Waals surface area contributed by atoms with Crippen molar-refractivity contribution >= 4 is 29.0 Å². The number of nitrogens with zero attached hydrogens (tertiary/aromatic N) is 1. The molecule has 120 valence electrons. The smallest absolute Gasteiger partial charge is 0.348 e. The molecule has 0 bridgehead atoms. The Labute approximate surface area is 138 Å². The van der Waals surface area contributed by atoms with Crippen LogP contribution in [-0.4, -0.2) is 23.5 Å². The Morgan fingerprint density at radius 3 is 2.96 bits per heavy atom. The van der Waals surface area contributed by atoms with E-state index < -0.39 is 5.97 Å². The molecule has 2 aromatic heterocycles. The summed E-state index contributed by atoms with van der Waals surface area (Å²) in [5, 5.41) is 2.64. The molecule has 0 radical (unpaired) electrons. The van der Waals surface area contributed by atoms with Crippen LogP contribution in [0.25, 0.3) is 0 Å². The summed E-state index contributed by atoms with van der Waals surface area (Å²) in [6.45, 7) is 1.54. The highest BCUT2D eigenvalue weighted by molar-refractivity contribution is 7.14. The van der Waals surface area contributed by atoms with Gasteiger partial charge in [-0.1, -0.05) is 6.07 Å². The van der Waals surface area contributed by atoms with E-state index in [0.717, 1.165) is 18.4 Å². The summed E-state index contributed by atoms with van der Waals surface area (Å²) in [5.41, 5.74) is 2.11. The first-order chi connectivity index (χ1) is 11.1. The molecule has 6 heteroatoms. The maximum atomic E-state index is 12.1. The third kappa shape index (κ3) is 3.76. The summed E-state index contributed by atoms with van der Waals surface area (Å²) < 4.78 is 5.11. The minimum atomic E-state index is -0.433. The Morgan fingerprint density at radius 1 is 1.35 bits per heavy atom. The maximum Gasteiger partial charge on any atom is 0.348 e. The summed E-state index contributed by atoms with van der Waals surface area (Å²) >= 11 is 1.48. The first-order valence-electron chi connectivity index (χ1n) is 7.63. The van der Waals surface area contributed by atoms with Gasteiger partial charge in [-0.2, -0.15) is 0 Å². The van der Waals surface area contributed by atoms with E-state index in [1.807, 2.05) is 19.1 Å². The van der Waals surface area contributed by atoms with Gasteiger partial charge >= 0.3 is 5.97 Å². The van der Waals surface area contributed by atoms with Crippen LogP contribution < -0.4 is 5.32 Å². The van der Waals surface area contributed by atoms with Crippen LogP contribution in [0.2, 0.25) is 0 Å². The summed E-state index contributed by atoms with van der Waals surface area (Å²) in [4.78, 5) is 29.9. The Kier molecular flexibility index (Phi) is 4.71. The van der Waals surface area contributed by atoms with Crippen LogP contribution in [0.3, 0.4) is 0 Å². The topological polar surface area (TPSA) is 68.3 Å². The molecular formula is C17H18N2O3S. The molecule has 0 fully saturated rings. The number of fused-ring (bicyclic) bond motifs is 1. The highest BCUT2D eigenvalue weighted by Crippen LogP contribution is 2.30. The van der Waals surface area contributed by atoms with E-state index in [4.69, 9.17) is 4.74 Å².